The smallest absolute Gasteiger partial charge is 0.304 e. The molecule has 0 atom stereocenters. The van der Waals surface area contributed by atoms with Crippen LogP contribution in [-0.4, -0.2) is 14.9 Å². The van der Waals surface area contributed by atoms with E-state index in [9.17, 15) is 14.5 Å². The highest BCUT2D eigenvalue weighted by atomic mass is 32.2. The number of nitrogens with zero attached hydrogens (tertiary/aromatic N) is 3. The van der Waals surface area contributed by atoms with Crippen molar-refractivity contribution in [3.05, 3.63) is 52.1 Å². The van der Waals surface area contributed by atoms with Gasteiger partial charge in [-0.1, -0.05) is 17.8 Å². The van der Waals surface area contributed by atoms with Crippen LogP contribution in [0.3, 0.4) is 0 Å². The Bertz CT molecular complexity index is 623. The van der Waals surface area contributed by atoms with Crippen molar-refractivity contribution in [3.8, 4) is 0 Å². The Kier molecular flexibility index (Phi) is 3.91. The number of nitrogens with two attached hydrogens (primary N) is 1. The quantitative estimate of drug-likeness (QED) is 0.525. The van der Waals surface area contributed by atoms with Crippen molar-refractivity contribution in [2.45, 2.75) is 10.8 Å². The fourth-order valence-electron chi connectivity index (χ4n) is 1.39. The first-order valence-electron chi connectivity index (χ1n) is 5.20. The first-order chi connectivity index (χ1) is 9.08. The van der Waals surface area contributed by atoms with Crippen LogP contribution >= 0.6 is 11.8 Å². The number of nitro groups is 1. The number of aromatic nitrogens is 2. The first kappa shape index (κ1) is 13.2. The van der Waals surface area contributed by atoms with Crippen LogP contribution in [0, 0.1) is 15.9 Å². The van der Waals surface area contributed by atoms with Gasteiger partial charge in [-0.15, -0.1) is 0 Å². The van der Waals surface area contributed by atoms with E-state index in [1.54, 1.807) is 0 Å². The van der Waals surface area contributed by atoms with Gasteiger partial charge in [0.15, 0.2) is 5.82 Å². The van der Waals surface area contributed by atoms with Crippen molar-refractivity contribution < 1.29 is 9.31 Å². The largest absolute Gasteiger partial charge is 0.381 e. The Morgan fingerprint density at radius 1 is 1.37 bits per heavy atom. The standard InChI is InChI=1S/C11H9FN4O2S/c12-8-5-7(1-2-9(8)16(17)18)6-19-11-10(13)14-3-4-15-11/h1-5H,6H2,(H2,13,14). The number of nitrogen functional groups attached to an aromatic ring is 1. The molecule has 0 spiro atoms. The molecule has 0 aliphatic rings. The minimum absolute atomic E-state index is 0.301. The Balaban J connectivity index is 2.11. The zero-order valence-electron chi connectivity index (χ0n) is 9.62. The van der Waals surface area contributed by atoms with Crippen molar-refractivity contribution in [1.82, 2.24) is 9.97 Å². The Labute approximate surface area is 112 Å². The van der Waals surface area contributed by atoms with Gasteiger partial charge in [-0.05, 0) is 11.6 Å². The van der Waals surface area contributed by atoms with Gasteiger partial charge in [0.2, 0.25) is 5.82 Å². The summed E-state index contributed by atoms with van der Waals surface area (Å²) in [5.41, 5.74) is 5.70. The predicted octanol–water partition coefficient (Wildman–Crippen LogP) is 2.40. The minimum Gasteiger partial charge on any atom is -0.381 e. The van der Waals surface area contributed by atoms with E-state index < -0.39 is 16.4 Å². The van der Waals surface area contributed by atoms with Gasteiger partial charge in [0, 0.05) is 24.2 Å². The molecule has 0 saturated carbocycles. The summed E-state index contributed by atoms with van der Waals surface area (Å²) in [5.74, 6) is -0.150. The molecule has 2 aromatic rings. The summed E-state index contributed by atoms with van der Waals surface area (Å²) < 4.78 is 13.4. The molecular weight excluding hydrogens is 271 g/mol. The lowest BCUT2D eigenvalue weighted by atomic mass is 10.2. The maximum absolute atomic E-state index is 13.4. The molecule has 0 bridgehead atoms. The van der Waals surface area contributed by atoms with E-state index in [0.717, 1.165) is 12.1 Å². The van der Waals surface area contributed by atoms with Crippen molar-refractivity contribution in [1.29, 1.82) is 0 Å². The third kappa shape index (κ3) is 3.16. The van der Waals surface area contributed by atoms with Gasteiger partial charge in [0.05, 0.1) is 4.92 Å². The molecule has 19 heavy (non-hydrogen) atoms. The summed E-state index contributed by atoms with van der Waals surface area (Å²) in [4.78, 5) is 17.6. The van der Waals surface area contributed by atoms with Gasteiger partial charge in [0.1, 0.15) is 5.03 Å². The molecule has 2 N–H and O–H groups in total. The molecule has 1 heterocycles. The number of anilines is 1. The Hall–Kier alpha value is -2.22. The molecular formula is C11H9FN4O2S. The summed E-state index contributed by atoms with van der Waals surface area (Å²) >= 11 is 1.29. The second kappa shape index (κ2) is 5.61. The molecule has 1 aromatic carbocycles. The van der Waals surface area contributed by atoms with E-state index >= 15 is 0 Å². The lowest BCUT2D eigenvalue weighted by Gasteiger charge is -2.03. The van der Waals surface area contributed by atoms with Crippen LogP contribution in [0.25, 0.3) is 0 Å². The molecule has 0 unspecified atom stereocenters. The van der Waals surface area contributed by atoms with Crippen LogP contribution in [0.2, 0.25) is 0 Å². The van der Waals surface area contributed by atoms with E-state index in [2.05, 4.69) is 9.97 Å². The van der Waals surface area contributed by atoms with Gasteiger partial charge in [0.25, 0.3) is 0 Å². The number of hydrogen-bond donors (Lipinski definition) is 1. The summed E-state index contributed by atoms with van der Waals surface area (Å²) in [6.07, 6.45) is 2.99. The van der Waals surface area contributed by atoms with E-state index in [-0.39, 0.29) is 0 Å². The number of nitro benzene ring substituents is 1. The lowest BCUT2D eigenvalue weighted by Crippen LogP contribution is -1.96. The maximum Gasteiger partial charge on any atom is 0.304 e. The van der Waals surface area contributed by atoms with Crippen molar-refractivity contribution in [2.24, 2.45) is 0 Å². The van der Waals surface area contributed by atoms with E-state index in [1.807, 2.05) is 0 Å². The van der Waals surface area contributed by atoms with Crippen LogP contribution in [0.1, 0.15) is 5.56 Å². The highest BCUT2D eigenvalue weighted by Crippen LogP contribution is 2.26. The molecule has 0 aliphatic heterocycles. The number of hydrogen-bond acceptors (Lipinski definition) is 6. The predicted molar refractivity (Wildman–Crippen MR) is 69.1 cm³/mol. The molecule has 0 aliphatic carbocycles. The third-order valence-corrected chi connectivity index (χ3v) is 3.34. The zero-order valence-corrected chi connectivity index (χ0v) is 10.4. The van der Waals surface area contributed by atoms with Crippen LogP contribution in [0.4, 0.5) is 15.9 Å². The van der Waals surface area contributed by atoms with Gasteiger partial charge < -0.3 is 5.73 Å². The number of halogens is 1. The molecule has 2 rings (SSSR count). The number of benzene rings is 1. The van der Waals surface area contributed by atoms with Crippen LogP contribution < -0.4 is 5.73 Å². The Morgan fingerprint density at radius 3 is 2.74 bits per heavy atom. The highest BCUT2D eigenvalue weighted by molar-refractivity contribution is 7.98. The molecule has 0 saturated heterocycles. The molecule has 0 fully saturated rings. The van der Waals surface area contributed by atoms with Crippen molar-refractivity contribution in [3.63, 3.8) is 0 Å². The van der Waals surface area contributed by atoms with Crippen LogP contribution in [0.15, 0.2) is 35.6 Å². The van der Waals surface area contributed by atoms with Crippen LogP contribution in [-0.2, 0) is 5.75 Å². The molecule has 0 amide bonds. The second-order valence-corrected chi connectivity index (χ2v) is 4.54. The highest BCUT2D eigenvalue weighted by Gasteiger charge is 2.14. The van der Waals surface area contributed by atoms with Gasteiger partial charge in [-0.3, -0.25) is 10.1 Å². The van der Waals surface area contributed by atoms with E-state index in [1.165, 1.54) is 30.2 Å². The summed E-state index contributed by atoms with van der Waals surface area (Å²) in [6.45, 7) is 0. The molecule has 98 valence electrons. The third-order valence-electron chi connectivity index (χ3n) is 2.28. The van der Waals surface area contributed by atoms with E-state index in [4.69, 9.17) is 5.73 Å². The van der Waals surface area contributed by atoms with Gasteiger partial charge >= 0.3 is 5.69 Å². The Morgan fingerprint density at radius 2 is 2.11 bits per heavy atom. The molecule has 8 heteroatoms. The summed E-state index contributed by atoms with van der Waals surface area (Å²) in [5, 5.41) is 11.0. The normalized spacial score (nSPS) is 10.4. The van der Waals surface area contributed by atoms with Crippen molar-refractivity contribution in [2.75, 3.05) is 5.73 Å². The lowest BCUT2D eigenvalue weighted by molar-refractivity contribution is -0.387. The average molecular weight is 280 g/mol. The number of rotatable bonds is 4. The maximum atomic E-state index is 13.4. The van der Waals surface area contributed by atoms with E-state index in [0.29, 0.717) is 22.2 Å². The molecule has 1 aromatic heterocycles. The SMILES string of the molecule is Nc1nccnc1SCc1ccc([N+](=O)[O-])c(F)c1. The fourth-order valence-corrected chi connectivity index (χ4v) is 2.21. The topological polar surface area (TPSA) is 94.9 Å². The van der Waals surface area contributed by atoms with Gasteiger partial charge in [-0.2, -0.15) is 4.39 Å². The zero-order chi connectivity index (χ0) is 13.8. The minimum atomic E-state index is -0.852. The summed E-state index contributed by atoms with van der Waals surface area (Å²) in [7, 11) is 0. The second-order valence-electron chi connectivity index (χ2n) is 3.58. The summed E-state index contributed by atoms with van der Waals surface area (Å²) in [6, 6.07) is 3.78. The van der Waals surface area contributed by atoms with Gasteiger partial charge in [-0.25, -0.2) is 9.97 Å². The average Bonchev–Trinajstić information content (AvgIpc) is 2.37. The number of thioether (sulfide) groups is 1. The van der Waals surface area contributed by atoms with Crippen molar-refractivity contribution >= 4 is 23.3 Å². The van der Waals surface area contributed by atoms with Crippen LogP contribution in [0.5, 0.6) is 0 Å². The monoisotopic (exact) mass is 280 g/mol. The molecule has 0 radical (unpaired) electrons. The molecule has 6 nitrogen and oxygen atoms in total. The first-order valence-corrected chi connectivity index (χ1v) is 6.18. The fraction of sp³-hybridized carbons (Fsp3) is 0.0909.